The highest BCUT2D eigenvalue weighted by molar-refractivity contribution is 5.69. The van der Waals surface area contributed by atoms with Gasteiger partial charge in [0.25, 0.3) is 0 Å². The van der Waals surface area contributed by atoms with Crippen molar-refractivity contribution in [2.45, 2.75) is 219 Å². The third-order valence-corrected chi connectivity index (χ3v) is 8.84. The van der Waals surface area contributed by atoms with Crippen LogP contribution in [0.3, 0.4) is 0 Å². The Balaban J connectivity index is 3.40. The summed E-state index contributed by atoms with van der Waals surface area (Å²) in [6.45, 7) is 5.37. The van der Waals surface area contributed by atoms with Gasteiger partial charge in [-0.3, -0.25) is 4.79 Å². The number of allylic oxidation sites excluding steroid dienone is 2. The van der Waals surface area contributed by atoms with E-state index in [1.165, 1.54) is 173 Å². The van der Waals surface area contributed by atoms with Crippen molar-refractivity contribution in [2.75, 3.05) is 19.8 Å². The average molecular weight is 623 g/mol. The molecule has 0 aliphatic rings. The van der Waals surface area contributed by atoms with Crippen molar-refractivity contribution in [1.29, 1.82) is 0 Å². The minimum atomic E-state index is -0.528. The van der Waals surface area contributed by atoms with E-state index in [1.807, 2.05) is 0 Å². The van der Waals surface area contributed by atoms with Crippen LogP contribution < -0.4 is 0 Å². The van der Waals surface area contributed by atoms with Crippen LogP contribution >= 0.6 is 0 Å². The van der Waals surface area contributed by atoms with Gasteiger partial charge in [0.15, 0.2) is 0 Å². The second kappa shape index (κ2) is 38.3. The van der Waals surface area contributed by atoms with Crippen LogP contribution in [0.1, 0.15) is 213 Å². The van der Waals surface area contributed by atoms with Crippen LogP contribution in [0.2, 0.25) is 0 Å². The van der Waals surface area contributed by atoms with Crippen LogP contribution in [0.25, 0.3) is 0 Å². The number of esters is 1. The lowest BCUT2D eigenvalue weighted by molar-refractivity contribution is -0.154. The van der Waals surface area contributed by atoms with Crippen molar-refractivity contribution >= 4 is 5.97 Å². The molecule has 1 unspecified atom stereocenters. The standard InChI is InChI=1S/C40H78O4/c1-3-5-7-9-11-13-15-17-18-19-20-21-22-23-25-27-29-31-33-35-40(42)44-39(37-41)38-43-36-34-32-30-28-26-24-16-14-12-10-8-6-4-2/h17-18,39,41H,3-16,19-38H2,1-2H3/b18-17-. The highest BCUT2D eigenvalue weighted by Gasteiger charge is 2.13. The number of aliphatic hydroxyl groups is 1. The van der Waals surface area contributed by atoms with Crippen molar-refractivity contribution in [3.05, 3.63) is 12.2 Å². The van der Waals surface area contributed by atoms with Gasteiger partial charge < -0.3 is 14.6 Å². The van der Waals surface area contributed by atoms with Gasteiger partial charge in [0, 0.05) is 13.0 Å². The van der Waals surface area contributed by atoms with Crippen molar-refractivity contribution < 1.29 is 19.4 Å². The van der Waals surface area contributed by atoms with Crippen LogP contribution in [0.15, 0.2) is 12.2 Å². The van der Waals surface area contributed by atoms with Gasteiger partial charge >= 0.3 is 5.97 Å². The quantitative estimate of drug-likeness (QED) is 0.0425. The topological polar surface area (TPSA) is 55.8 Å². The van der Waals surface area contributed by atoms with Crippen LogP contribution in [0.5, 0.6) is 0 Å². The minimum absolute atomic E-state index is 0.167. The van der Waals surface area contributed by atoms with E-state index in [4.69, 9.17) is 9.47 Å². The Kier molecular flexibility index (Phi) is 37.6. The van der Waals surface area contributed by atoms with Gasteiger partial charge in [0.05, 0.1) is 13.2 Å². The van der Waals surface area contributed by atoms with Crippen molar-refractivity contribution in [3.63, 3.8) is 0 Å². The van der Waals surface area contributed by atoms with Gasteiger partial charge in [-0.1, -0.05) is 180 Å². The molecule has 0 saturated carbocycles. The number of carbonyl (C=O) groups excluding carboxylic acids is 1. The molecular formula is C40H78O4. The van der Waals surface area contributed by atoms with E-state index < -0.39 is 6.10 Å². The van der Waals surface area contributed by atoms with Gasteiger partial charge in [0.2, 0.25) is 0 Å². The van der Waals surface area contributed by atoms with Crippen LogP contribution in [0, 0.1) is 0 Å². The van der Waals surface area contributed by atoms with E-state index in [-0.39, 0.29) is 12.6 Å². The molecule has 0 aliphatic carbocycles. The lowest BCUT2D eigenvalue weighted by atomic mass is 10.0. The molecule has 0 aromatic rings. The third kappa shape index (κ3) is 35.6. The van der Waals surface area contributed by atoms with Crippen molar-refractivity contribution in [3.8, 4) is 0 Å². The Morgan fingerprint density at radius 1 is 0.523 bits per heavy atom. The summed E-state index contributed by atoms with van der Waals surface area (Å²) in [5.74, 6) is -0.199. The maximum Gasteiger partial charge on any atom is 0.306 e. The molecule has 1 N–H and O–H groups in total. The summed E-state index contributed by atoms with van der Waals surface area (Å²) in [7, 11) is 0. The summed E-state index contributed by atoms with van der Waals surface area (Å²) in [5, 5.41) is 9.56. The van der Waals surface area contributed by atoms with Gasteiger partial charge in [0.1, 0.15) is 6.10 Å². The highest BCUT2D eigenvalue weighted by atomic mass is 16.6. The predicted molar refractivity (Wildman–Crippen MR) is 191 cm³/mol. The minimum Gasteiger partial charge on any atom is -0.457 e. The Bertz CT molecular complexity index is 576. The summed E-state index contributed by atoms with van der Waals surface area (Å²) < 4.78 is 11.1. The van der Waals surface area contributed by atoms with Crippen molar-refractivity contribution in [2.24, 2.45) is 0 Å². The lowest BCUT2D eigenvalue weighted by Crippen LogP contribution is -2.27. The summed E-state index contributed by atoms with van der Waals surface area (Å²) in [4.78, 5) is 12.2. The largest absolute Gasteiger partial charge is 0.457 e. The summed E-state index contributed by atoms with van der Waals surface area (Å²) in [5.41, 5.74) is 0. The molecule has 0 aromatic heterocycles. The first-order chi connectivity index (χ1) is 21.7. The molecule has 0 radical (unpaired) electrons. The van der Waals surface area contributed by atoms with E-state index in [2.05, 4.69) is 26.0 Å². The van der Waals surface area contributed by atoms with Gasteiger partial charge in [-0.2, -0.15) is 0 Å². The molecule has 0 rings (SSSR count). The molecule has 0 aromatic carbocycles. The molecule has 4 nitrogen and oxygen atoms in total. The zero-order valence-electron chi connectivity index (χ0n) is 29.9. The number of carbonyl (C=O) groups is 1. The second-order valence-electron chi connectivity index (χ2n) is 13.4. The fraction of sp³-hybridized carbons (Fsp3) is 0.925. The molecule has 0 saturated heterocycles. The smallest absolute Gasteiger partial charge is 0.306 e. The molecule has 4 heteroatoms. The van der Waals surface area contributed by atoms with Gasteiger partial charge in [-0.15, -0.1) is 0 Å². The van der Waals surface area contributed by atoms with E-state index in [0.717, 1.165) is 19.3 Å². The first-order valence-corrected chi connectivity index (χ1v) is 19.8. The number of hydrogen-bond acceptors (Lipinski definition) is 4. The third-order valence-electron chi connectivity index (χ3n) is 8.84. The SMILES string of the molecule is CCCCCCCC/C=C\CCCCCCCCCCCC(=O)OC(CO)COCCCCCCCCCCCCCCC. The molecule has 262 valence electrons. The second-order valence-corrected chi connectivity index (χ2v) is 13.4. The monoisotopic (exact) mass is 623 g/mol. The summed E-state index contributed by atoms with van der Waals surface area (Å²) in [6, 6.07) is 0. The fourth-order valence-electron chi connectivity index (χ4n) is 5.85. The van der Waals surface area contributed by atoms with E-state index in [9.17, 15) is 9.90 Å². The normalized spacial score (nSPS) is 12.3. The zero-order chi connectivity index (χ0) is 32.0. The summed E-state index contributed by atoms with van der Waals surface area (Å²) in [6.07, 6.45) is 44.0. The van der Waals surface area contributed by atoms with E-state index in [1.54, 1.807) is 0 Å². The maximum absolute atomic E-state index is 12.2. The molecular weight excluding hydrogens is 544 g/mol. The first kappa shape index (κ1) is 43.1. The molecule has 0 fully saturated rings. The number of ether oxygens (including phenoxy) is 2. The molecule has 0 amide bonds. The molecule has 0 heterocycles. The highest BCUT2D eigenvalue weighted by Crippen LogP contribution is 2.14. The number of aliphatic hydroxyl groups excluding tert-OH is 1. The molecule has 1 atom stereocenters. The summed E-state index contributed by atoms with van der Waals surface area (Å²) >= 11 is 0. The first-order valence-electron chi connectivity index (χ1n) is 19.8. The van der Waals surface area contributed by atoms with Crippen molar-refractivity contribution in [1.82, 2.24) is 0 Å². The Hall–Kier alpha value is -0.870. The predicted octanol–water partition coefficient (Wildman–Crippen LogP) is 12.6. The molecule has 44 heavy (non-hydrogen) atoms. The van der Waals surface area contributed by atoms with Crippen LogP contribution in [-0.4, -0.2) is 37.0 Å². The molecule has 0 bridgehead atoms. The lowest BCUT2D eigenvalue weighted by Gasteiger charge is -2.16. The van der Waals surface area contributed by atoms with Crippen LogP contribution in [0.4, 0.5) is 0 Å². The Morgan fingerprint density at radius 2 is 0.886 bits per heavy atom. The number of unbranched alkanes of at least 4 members (excludes halogenated alkanes) is 27. The fourth-order valence-corrected chi connectivity index (χ4v) is 5.85. The van der Waals surface area contributed by atoms with E-state index in [0.29, 0.717) is 19.6 Å². The number of hydrogen-bond donors (Lipinski definition) is 1. The molecule has 0 spiro atoms. The van der Waals surface area contributed by atoms with E-state index >= 15 is 0 Å². The Labute approximate surface area is 275 Å². The van der Waals surface area contributed by atoms with Gasteiger partial charge in [-0.05, 0) is 38.5 Å². The van der Waals surface area contributed by atoms with Gasteiger partial charge in [-0.25, -0.2) is 0 Å². The zero-order valence-corrected chi connectivity index (χ0v) is 29.9. The number of rotatable bonds is 37. The average Bonchev–Trinajstić information content (AvgIpc) is 3.03. The maximum atomic E-state index is 12.2. The Morgan fingerprint density at radius 3 is 1.30 bits per heavy atom. The van der Waals surface area contributed by atoms with Crippen LogP contribution in [-0.2, 0) is 14.3 Å². The molecule has 0 aliphatic heterocycles.